The molecule has 0 aliphatic heterocycles. The lowest BCUT2D eigenvalue weighted by atomic mass is 10.0. The van der Waals surface area contributed by atoms with Gasteiger partial charge < -0.3 is 15.0 Å². The van der Waals surface area contributed by atoms with Crippen LogP contribution in [0, 0.1) is 5.82 Å². The first-order valence-corrected chi connectivity index (χ1v) is 11.0. The van der Waals surface area contributed by atoms with Crippen LogP contribution in [0.4, 0.5) is 4.39 Å². The van der Waals surface area contributed by atoms with Gasteiger partial charge in [-0.25, -0.2) is 4.39 Å². The number of carbonyl (C=O) groups excluding carboxylic acids is 2. The smallest absolute Gasteiger partial charge is 0.261 e. The summed E-state index contributed by atoms with van der Waals surface area (Å²) in [6, 6.07) is 23.8. The van der Waals surface area contributed by atoms with Crippen molar-refractivity contribution in [3.63, 3.8) is 0 Å². The summed E-state index contributed by atoms with van der Waals surface area (Å²) in [5.41, 5.74) is 1.86. The SMILES string of the molecule is CC(C)NC(=O)[C@H](Cc1ccccc1)N(Cc1ccccc1)C(=O)COc1ccc(F)cc1. The Balaban J connectivity index is 1.87. The molecule has 0 fully saturated rings. The Morgan fingerprint density at radius 2 is 1.45 bits per heavy atom. The van der Waals surface area contributed by atoms with Crippen LogP contribution < -0.4 is 10.1 Å². The van der Waals surface area contributed by atoms with Crippen LogP contribution in [0.2, 0.25) is 0 Å². The first-order chi connectivity index (χ1) is 15.9. The molecule has 2 amide bonds. The Bertz CT molecular complexity index is 1020. The second-order valence-electron chi connectivity index (χ2n) is 8.12. The van der Waals surface area contributed by atoms with Crippen molar-refractivity contribution in [2.24, 2.45) is 0 Å². The van der Waals surface area contributed by atoms with E-state index in [1.165, 1.54) is 24.3 Å². The third-order valence-corrected chi connectivity index (χ3v) is 5.07. The van der Waals surface area contributed by atoms with Gasteiger partial charge in [0.2, 0.25) is 5.91 Å². The molecule has 0 spiro atoms. The van der Waals surface area contributed by atoms with Gasteiger partial charge >= 0.3 is 0 Å². The molecule has 0 unspecified atom stereocenters. The lowest BCUT2D eigenvalue weighted by Gasteiger charge is -2.32. The Labute approximate surface area is 194 Å². The van der Waals surface area contributed by atoms with Gasteiger partial charge in [0.25, 0.3) is 5.91 Å². The molecule has 1 atom stereocenters. The van der Waals surface area contributed by atoms with Crippen molar-refractivity contribution in [3.05, 3.63) is 102 Å². The van der Waals surface area contributed by atoms with Crippen molar-refractivity contribution in [2.75, 3.05) is 6.61 Å². The fraction of sp³-hybridized carbons (Fsp3) is 0.259. The molecule has 0 heterocycles. The average molecular weight is 449 g/mol. The molecule has 3 rings (SSSR count). The van der Waals surface area contributed by atoms with Gasteiger partial charge in [-0.3, -0.25) is 9.59 Å². The molecule has 0 saturated carbocycles. The van der Waals surface area contributed by atoms with Crippen LogP contribution in [0.5, 0.6) is 5.75 Å². The van der Waals surface area contributed by atoms with Crippen LogP contribution in [0.1, 0.15) is 25.0 Å². The maximum atomic E-state index is 13.4. The predicted molar refractivity (Wildman–Crippen MR) is 126 cm³/mol. The Morgan fingerprint density at radius 3 is 2.03 bits per heavy atom. The van der Waals surface area contributed by atoms with Gasteiger partial charge in [-0.05, 0) is 49.2 Å². The number of halogens is 1. The molecule has 172 valence electrons. The number of benzene rings is 3. The highest BCUT2D eigenvalue weighted by Gasteiger charge is 2.31. The average Bonchev–Trinajstić information content (AvgIpc) is 2.81. The van der Waals surface area contributed by atoms with Crippen LogP contribution in [-0.4, -0.2) is 35.4 Å². The molecule has 0 bridgehead atoms. The molecule has 3 aromatic rings. The zero-order valence-electron chi connectivity index (χ0n) is 18.9. The number of nitrogens with one attached hydrogen (secondary N) is 1. The van der Waals surface area contributed by atoms with E-state index >= 15 is 0 Å². The molecule has 0 aliphatic rings. The molecule has 0 radical (unpaired) electrons. The largest absolute Gasteiger partial charge is 0.484 e. The first kappa shape index (κ1) is 24.0. The van der Waals surface area contributed by atoms with Crippen molar-refractivity contribution in [2.45, 2.75) is 38.9 Å². The van der Waals surface area contributed by atoms with Gasteiger partial charge in [0.1, 0.15) is 17.6 Å². The molecular formula is C27H29FN2O3. The Kier molecular flexibility index (Phi) is 8.58. The van der Waals surface area contributed by atoms with Crippen LogP contribution in [0.25, 0.3) is 0 Å². The fourth-order valence-electron chi connectivity index (χ4n) is 3.47. The van der Waals surface area contributed by atoms with E-state index in [4.69, 9.17) is 4.74 Å². The van der Waals surface area contributed by atoms with Crippen LogP contribution >= 0.6 is 0 Å². The number of amides is 2. The van der Waals surface area contributed by atoms with Crippen molar-refractivity contribution in [3.8, 4) is 5.75 Å². The summed E-state index contributed by atoms with van der Waals surface area (Å²) < 4.78 is 18.8. The van der Waals surface area contributed by atoms with Gasteiger partial charge in [-0.15, -0.1) is 0 Å². The summed E-state index contributed by atoms with van der Waals surface area (Å²) >= 11 is 0. The molecule has 33 heavy (non-hydrogen) atoms. The standard InChI is InChI=1S/C27H29FN2O3/c1-20(2)29-27(32)25(17-21-9-5-3-6-10-21)30(18-22-11-7-4-8-12-22)26(31)19-33-24-15-13-23(28)14-16-24/h3-16,20,25H,17-19H2,1-2H3,(H,29,32)/t25-/m0/s1. The monoisotopic (exact) mass is 448 g/mol. The quantitative estimate of drug-likeness (QED) is 0.501. The summed E-state index contributed by atoms with van der Waals surface area (Å²) in [5, 5.41) is 2.95. The van der Waals surface area contributed by atoms with E-state index in [1.54, 1.807) is 4.90 Å². The molecule has 6 heteroatoms. The van der Waals surface area contributed by atoms with Crippen molar-refractivity contribution in [1.29, 1.82) is 0 Å². The number of nitrogens with zero attached hydrogens (tertiary/aromatic N) is 1. The minimum Gasteiger partial charge on any atom is -0.484 e. The van der Waals surface area contributed by atoms with Gasteiger partial charge in [0.05, 0.1) is 0 Å². The Morgan fingerprint density at radius 1 is 0.879 bits per heavy atom. The van der Waals surface area contributed by atoms with E-state index in [-0.39, 0.29) is 36.8 Å². The highest BCUT2D eigenvalue weighted by atomic mass is 19.1. The van der Waals surface area contributed by atoms with E-state index in [9.17, 15) is 14.0 Å². The fourth-order valence-corrected chi connectivity index (χ4v) is 3.47. The molecule has 5 nitrogen and oxygen atoms in total. The molecule has 1 N–H and O–H groups in total. The number of carbonyl (C=O) groups is 2. The summed E-state index contributed by atoms with van der Waals surface area (Å²) in [6.07, 6.45) is 0.370. The second kappa shape index (κ2) is 11.8. The van der Waals surface area contributed by atoms with Crippen LogP contribution in [0.3, 0.4) is 0 Å². The zero-order chi connectivity index (χ0) is 23.6. The van der Waals surface area contributed by atoms with Crippen LogP contribution in [-0.2, 0) is 22.6 Å². The summed E-state index contributed by atoms with van der Waals surface area (Å²) in [7, 11) is 0. The lowest BCUT2D eigenvalue weighted by Crippen LogP contribution is -2.52. The predicted octanol–water partition coefficient (Wildman–Crippen LogP) is 4.37. The number of hydrogen-bond donors (Lipinski definition) is 1. The summed E-state index contributed by atoms with van der Waals surface area (Å²) in [4.78, 5) is 28.1. The van der Waals surface area contributed by atoms with E-state index < -0.39 is 6.04 Å². The van der Waals surface area contributed by atoms with Gasteiger partial charge in [0, 0.05) is 19.0 Å². The minimum atomic E-state index is -0.723. The normalized spacial score (nSPS) is 11.6. The summed E-state index contributed by atoms with van der Waals surface area (Å²) in [6.45, 7) is 3.77. The maximum absolute atomic E-state index is 13.4. The Hall–Kier alpha value is -3.67. The highest BCUT2D eigenvalue weighted by Crippen LogP contribution is 2.17. The number of rotatable bonds is 10. The van der Waals surface area contributed by atoms with Crippen molar-refractivity contribution in [1.82, 2.24) is 10.2 Å². The number of hydrogen-bond acceptors (Lipinski definition) is 3. The van der Waals surface area contributed by atoms with Crippen LogP contribution in [0.15, 0.2) is 84.9 Å². The van der Waals surface area contributed by atoms with Gasteiger partial charge in [-0.1, -0.05) is 60.7 Å². The molecule has 0 saturated heterocycles. The van der Waals surface area contributed by atoms with Gasteiger partial charge in [0.15, 0.2) is 6.61 Å². The third kappa shape index (κ3) is 7.45. The molecule has 0 aromatic heterocycles. The van der Waals surface area contributed by atoms with E-state index in [2.05, 4.69) is 5.32 Å². The minimum absolute atomic E-state index is 0.0695. The van der Waals surface area contributed by atoms with Gasteiger partial charge in [-0.2, -0.15) is 0 Å². The number of ether oxygens (including phenoxy) is 1. The topological polar surface area (TPSA) is 58.6 Å². The first-order valence-electron chi connectivity index (χ1n) is 11.0. The maximum Gasteiger partial charge on any atom is 0.261 e. The molecular weight excluding hydrogens is 419 g/mol. The second-order valence-corrected chi connectivity index (χ2v) is 8.12. The molecule has 0 aliphatic carbocycles. The van der Waals surface area contributed by atoms with Crippen molar-refractivity contribution >= 4 is 11.8 Å². The zero-order valence-corrected chi connectivity index (χ0v) is 18.9. The molecule has 3 aromatic carbocycles. The van der Waals surface area contributed by atoms with E-state index in [0.29, 0.717) is 12.2 Å². The summed E-state index contributed by atoms with van der Waals surface area (Å²) in [5.74, 6) is -0.550. The van der Waals surface area contributed by atoms with E-state index in [0.717, 1.165) is 11.1 Å². The highest BCUT2D eigenvalue weighted by molar-refractivity contribution is 5.88. The van der Waals surface area contributed by atoms with E-state index in [1.807, 2.05) is 74.5 Å². The van der Waals surface area contributed by atoms with Crippen molar-refractivity contribution < 1.29 is 18.7 Å². The lowest BCUT2D eigenvalue weighted by molar-refractivity contribution is -0.143. The third-order valence-electron chi connectivity index (χ3n) is 5.07.